The quantitative estimate of drug-likeness (QED) is 0.873. The number of carbonyl (C=O) groups is 1. The number of rotatable bonds is 4. The zero-order valence-corrected chi connectivity index (χ0v) is 10.3. The highest BCUT2D eigenvalue weighted by Crippen LogP contribution is 2.31. The molecule has 0 spiro atoms. The number of aromatic nitrogens is 1. The summed E-state index contributed by atoms with van der Waals surface area (Å²) in [7, 11) is 0. The van der Waals surface area contributed by atoms with Gasteiger partial charge in [-0.15, -0.1) is 0 Å². The predicted octanol–water partition coefficient (Wildman–Crippen LogP) is 3.40. The average molecular weight is 280 g/mol. The highest BCUT2D eigenvalue weighted by molar-refractivity contribution is 6.00. The third-order valence-corrected chi connectivity index (χ3v) is 2.65. The van der Waals surface area contributed by atoms with Gasteiger partial charge in [-0.25, -0.2) is 0 Å². The van der Waals surface area contributed by atoms with Crippen LogP contribution in [0.15, 0.2) is 48.8 Å². The maximum atomic E-state index is 12.8. The molecule has 0 saturated heterocycles. The molecule has 1 aromatic heterocycles. The van der Waals surface area contributed by atoms with Crippen LogP contribution >= 0.6 is 0 Å². The maximum Gasteiger partial charge on any atom is 0.417 e. The van der Waals surface area contributed by atoms with Gasteiger partial charge in [0.1, 0.15) is 0 Å². The fourth-order valence-electron chi connectivity index (χ4n) is 1.70. The van der Waals surface area contributed by atoms with Crippen LogP contribution in [0.1, 0.15) is 15.9 Å². The van der Waals surface area contributed by atoms with Crippen molar-refractivity contribution in [3.05, 3.63) is 59.9 Å². The van der Waals surface area contributed by atoms with Gasteiger partial charge in [-0.05, 0) is 18.2 Å². The van der Waals surface area contributed by atoms with Crippen molar-refractivity contribution in [3.63, 3.8) is 0 Å². The van der Waals surface area contributed by atoms with E-state index in [2.05, 4.69) is 10.3 Å². The van der Waals surface area contributed by atoms with Crippen molar-refractivity contribution in [1.82, 2.24) is 4.98 Å². The molecule has 0 amide bonds. The Labute approximate surface area is 113 Å². The number of nitrogens with one attached hydrogen (secondary N) is 1. The van der Waals surface area contributed by atoms with E-state index in [0.29, 0.717) is 5.69 Å². The first-order valence-electron chi connectivity index (χ1n) is 5.82. The molecule has 0 aliphatic heterocycles. The van der Waals surface area contributed by atoms with Gasteiger partial charge in [0.2, 0.25) is 0 Å². The van der Waals surface area contributed by atoms with Crippen LogP contribution in [0.2, 0.25) is 0 Å². The van der Waals surface area contributed by atoms with Crippen LogP contribution in [0.4, 0.5) is 18.9 Å². The molecule has 20 heavy (non-hydrogen) atoms. The molecule has 0 radical (unpaired) electrons. The molecule has 2 aromatic rings. The molecule has 1 heterocycles. The Morgan fingerprint density at radius 3 is 2.50 bits per heavy atom. The number of carbonyl (C=O) groups excluding carboxylic acids is 1. The Bertz CT molecular complexity index is 597. The van der Waals surface area contributed by atoms with Gasteiger partial charge >= 0.3 is 6.18 Å². The van der Waals surface area contributed by atoms with E-state index < -0.39 is 23.1 Å². The van der Waals surface area contributed by atoms with E-state index >= 15 is 0 Å². The lowest BCUT2D eigenvalue weighted by molar-refractivity contribution is -0.138. The van der Waals surface area contributed by atoms with Gasteiger partial charge in [0.05, 0.1) is 12.1 Å². The molecule has 0 atom stereocenters. The zero-order valence-electron chi connectivity index (χ0n) is 10.3. The fourth-order valence-corrected chi connectivity index (χ4v) is 1.70. The van der Waals surface area contributed by atoms with Crippen LogP contribution < -0.4 is 5.32 Å². The molecule has 6 heteroatoms. The second-order valence-corrected chi connectivity index (χ2v) is 4.06. The van der Waals surface area contributed by atoms with Gasteiger partial charge in [0, 0.05) is 23.6 Å². The van der Waals surface area contributed by atoms with Crippen LogP contribution in [-0.2, 0) is 6.18 Å². The number of benzene rings is 1. The smallest absolute Gasteiger partial charge is 0.378 e. The molecule has 104 valence electrons. The van der Waals surface area contributed by atoms with E-state index in [-0.39, 0.29) is 6.54 Å². The van der Waals surface area contributed by atoms with Crippen LogP contribution in [-0.4, -0.2) is 17.3 Å². The number of hydrogen-bond acceptors (Lipinski definition) is 3. The van der Waals surface area contributed by atoms with Gasteiger partial charge in [0.15, 0.2) is 5.78 Å². The number of alkyl halides is 3. The maximum absolute atomic E-state index is 12.8. The monoisotopic (exact) mass is 280 g/mol. The number of pyridine rings is 1. The van der Waals surface area contributed by atoms with Crippen LogP contribution in [0.5, 0.6) is 0 Å². The van der Waals surface area contributed by atoms with Crippen molar-refractivity contribution in [3.8, 4) is 0 Å². The van der Waals surface area contributed by atoms with Crippen molar-refractivity contribution in [1.29, 1.82) is 0 Å². The predicted molar refractivity (Wildman–Crippen MR) is 68.5 cm³/mol. The second kappa shape index (κ2) is 5.73. The number of Topliss-reactive ketones (excluding diaryl/α,β-unsaturated/α-hetero) is 1. The summed E-state index contributed by atoms with van der Waals surface area (Å²) < 4.78 is 38.3. The molecule has 0 aliphatic carbocycles. The molecule has 1 aromatic carbocycles. The van der Waals surface area contributed by atoms with Gasteiger partial charge in [-0.1, -0.05) is 18.2 Å². The Kier molecular flexibility index (Phi) is 4.02. The number of hydrogen-bond donors (Lipinski definition) is 1. The van der Waals surface area contributed by atoms with E-state index in [9.17, 15) is 18.0 Å². The SMILES string of the molecule is O=C(CNc1ccccc1)c1cnccc1C(F)(F)F. The van der Waals surface area contributed by atoms with Gasteiger partial charge in [-0.2, -0.15) is 13.2 Å². The molecule has 2 rings (SSSR count). The standard InChI is InChI=1S/C14H11F3N2O/c15-14(16,17)12-6-7-18-8-11(12)13(20)9-19-10-4-2-1-3-5-10/h1-8,19H,9H2. The summed E-state index contributed by atoms with van der Waals surface area (Å²) in [6, 6.07) is 9.57. The van der Waals surface area contributed by atoms with Crippen molar-refractivity contribution in [2.75, 3.05) is 11.9 Å². The van der Waals surface area contributed by atoms with E-state index in [4.69, 9.17) is 0 Å². The number of para-hydroxylation sites is 1. The lowest BCUT2D eigenvalue weighted by Gasteiger charge is -2.12. The number of nitrogens with zero attached hydrogens (tertiary/aromatic N) is 1. The summed E-state index contributed by atoms with van der Waals surface area (Å²) in [6.45, 7) is -0.223. The Morgan fingerprint density at radius 2 is 1.85 bits per heavy atom. The molecule has 1 N–H and O–H groups in total. The van der Waals surface area contributed by atoms with Crippen molar-refractivity contribution >= 4 is 11.5 Å². The third kappa shape index (κ3) is 3.34. The Balaban J connectivity index is 2.14. The summed E-state index contributed by atoms with van der Waals surface area (Å²) in [5.74, 6) is -0.658. The van der Waals surface area contributed by atoms with E-state index in [1.807, 2.05) is 0 Å². The highest BCUT2D eigenvalue weighted by Gasteiger charge is 2.34. The minimum atomic E-state index is -4.57. The van der Waals surface area contributed by atoms with Crippen molar-refractivity contribution in [2.45, 2.75) is 6.18 Å². The fraction of sp³-hybridized carbons (Fsp3) is 0.143. The molecule has 0 aliphatic rings. The zero-order chi connectivity index (χ0) is 14.6. The summed E-state index contributed by atoms with van der Waals surface area (Å²) in [5, 5.41) is 2.78. The minimum absolute atomic E-state index is 0.223. The Morgan fingerprint density at radius 1 is 1.15 bits per heavy atom. The van der Waals surface area contributed by atoms with Crippen molar-refractivity contribution < 1.29 is 18.0 Å². The number of anilines is 1. The summed E-state index contributed by atoms with van der Waals surface area (Å²) in [4.78, 5) is 15.5. The highest BCUT2D eigenvalue weighted by atomic mass is 19.4. The molecular formula is C14H11F3N2O. The number of ketones is 1. The second-order valence-electron chi connectivity index (χ2n) is 4.06. The third-order valence-electron chi connectivity index (χ3n) is 2.65. The average Bonchev–Trinajstić information content (AvgIpc) is 2.45. The molecular weight excluding hydrogens is 269 g/mol. The van der Waals surface area contributed by atoms with Crippen LogP contribution in [0.25, 0.3) is 0 Å². The molecule has 3 nitrogen and oxygen atoms in total. The largest absolute Gasteiger partial charge is 0.417 e. The molecule has 0 unspecified atom stereocenters. The summed E-state index contributed by atoms with van der Waals surface area (Å²) in [6.07, 6.45) is -2.61. The van der Waals surface area contributed by atoms with Gasteiger partial charge < -0.3 is 5.32 Å². The van der Waals surface area contributed by atoms with Crippen LogP contribution in [0, 0.1) is 0 Å². The lowest BCUT2D eigenvalue weighted by atomic mass is 10.1. The van der Waals surface area contributed by atoms with E-state index in [1.54, 1.807) is 30.3 Å². The first-order chi connectivity index (χ1) is 9.48. The lowest BCUT2D eigenvalue weighted by Crippen LogP contribution is -2.19. The molecule has 0 saturated carbocycles. The van der Waals surface area contributed by atoms with E-state index in [0.717, 1.165) is 18.5 Å². The normalized spacial score (nSPS) is 11.2. The summed E-state index contributed by atoms with van der Waals surface area (Å²) >= 11 is 0. The van der Waals surface area contributed by atoms with Gasteiger partial charge in [0.25, 0.3) is 0 Å². The number of halogens is 3. The first-order valence-corrected chi connectivity index (χ1v) is 5.82. The minimum Gasteiger partial charge on any atom is -0.378 e. The van der Waals surface area contributed by atoms with Gasteiger partial charge in [-0.3, -0.25) is 9.78 Å². The topological polar surface area (TPSA) is 42.0 Å². The van der Waals surface area contributed by atoms with Crippen molar-refractivity contribution in [2.24, 2.45) is 0 Å². The Hall–Kier alpha value is -2.37. The summed E-state index contributed by atoms with van der Waals surface area (Å²) in [5.41, 5.74) is -0.728. The van der Waals surface area contributed by atoms with Crippen LogP contribution in [0.3, 0.4) is 0 Å². The van der Waals surface area contributed by atoms with E-state index in [1.165, 1.54) is 0 Å². The molecule has 0 fully saturated rings. The molecule has 0 bridgehead atoms. The first kappa shape index (κ1) is 14.0.